The van der Waals surface area contributed by atoms with Gasteiger partial charge >= 0.3 is 0 Å². The number of hydrogen-bond acceptors (Lipinski definition) is 3. The molecule has 0 radical (unpaired) electrons. The molecule has 0 atom stereocenters. The number of nitrogens with zero attached hydrogens (tertiary/aromatic N) is 1. The van der Waals surface area contributed by atoms with Gasteiger partial charge in [-0.05, 0) is 18.2 Å². The zero-order valence-corrected chi connectivity index (χ0v) is 10.5. The van der Waals surface area contributed by atoms with E-state index in [4.69, 9.17) is 5.73 Å². The molecule has 0 spiro atoms. The molecule has 1 aliphatic rings. The Balaban J connectivity index is 2.40. The Morgan fingerprint density at radius 3 is 3.13 bits per heavy atom. The molecule has 1 aliphatic heterocycles. The van der Waals surface area contributed by atoms with Crippen molar-refractivity contribution in [2.24, 2.45) is 5.73 Å². The highest BCUT2D eigenvalue weighted by molar-refractivity contribution is 9.10. The van der Waals surface area contributed by atoms with Crippen LogP contribution < -0.4 is 10.6 Å². The van der Waals surface area contributed by atoms with Gasteiger partial charge in [0.2, 0.25) is 5.91 Å². The Kier molecular flexibility index (Phi) is 3.33. The number of fused-ring (bicyclic) bond motifs is 1. The third kappa shape index (κ3) is 2.19. The predicted molar refractivity (Wildman–Crippen MR) is 66.3 cm³/mol. The molecular weight excluding hydrogens is 276 g/mol. The first-order chi connectivity index (χ1) is 7.22. The van der Waals surface area contributed by atoms with Gasteiger partial charge in [0.25, 0.3) is 0 Å². The minimum Gasteiger partial charge on any atom is -0.322 e. The van der Waals surface area contributed by atoms with Crippen molar-refractivity contribution in [1.82, 2.24) is 0 Å². The molecule has 0 unspecified atom stereocenters. The van der Waals surface area contributed by atoms with Gasteiger partial charge in [-0.25, -0.2) is 0 Å². The Hall–Kier alpha value is -0.520. The molecule has 2 N–H and O–H groups in total. The fourth-order valence-corrected chi connectivity index (χ4v) is 2.88. The van der Waals surface area contributed by atoms with Crippen LogP contribution in [-0.4, -0.2) is 24.7 Å². The lowest BCUT2D eigenvalue weighted by Crippen LogP contribution is -2.39. The number of nitrogens with two attached hydrogens (primary N) is 1. The van der Waals surface area contributed by atoms with Gasteiger partial charge in [-0.15, -0.1) is 11.8 Å². The molecule has 0 saturated carbocycles. The minimum atomic E-state index is -0.0188. The van der Waals surface area contributed by atoms with Gasteiger partial charge < -0.3 is 10.6 Å². The Labute approximate surface area is 101 Å². The van der Waals surface area contributed by atoms with Crippen molar-refractivity contribution in [3.05, 3.63) is 22.7 Å². The predicted octanol–water partition coefficient (Wildman–Crippen LogP) is 1.85. The van der Waals surface area contributed by atoms with Gasteiger partial charge in [0.15, 0.2) is 0 Å². The summed E-state index contributed by atoms with van der Waals surface area (Å²) in [4.78, 5) is 14.5. The summed E-state index contributed by atoms with van der Waals surface area (Å²) in [5, 5.41) is 0. The lowest BCUT2D eigenvalue weighted by molar-refractivity contribution is -0.117. The summed E-state index contributed by atoms with van der Waals surface area (Å²) in [5.74, 6) is 0.912. The van der Waals surface area contributed by atoms with Crippen LogP contribution in [0.15, 0.2) is 27.6 Å². The second kappa shape index (κ2) is 4.55. The van der Waals surface area contributed by atoms with Gasteiger partial charge in [-0.1, -0.05) is 15.9 Å². The van der Waals surface area contributed by atoms with Crippen LogP contribution in [0.2, 0.25) is 0 Å². The van der Waals surface area contributed by atoms with Crippen molar-refractivity contribution in [3.63, 3.8) is 0 Å². The average molecular weight is 287 g/mol. The number of carbonyl (C=O) groups is 1. The maximum Gasteiger partial charge on any atom is 0.240 e. The first-order valence-corrected chi connectivity index (χ1v) is 6.43. The number of hydrogen-bond donors (Lipinski definition) is 1. The normalized spacial score (nSPS) is 14.9. The van der Waals surface area contributed by atoms with E-state index in [0.717, 1.165) is 27.4 Å². The molecule has 80 valence electrons. The number of benzene rings is 1. The Morgan fingerprint density at radius 2 is 2.40 bits per heavy atom. The van der Waals surface area contributed by atoms with Gasteiger partial charge in [0, 0.05) is 21.7 Å². The fourth-order valence-electron chi connectivity index (χ4n) is 1.56. The zero-order valence-electron chi connectivity index (χ0n) is 8.07. The van der Waals surface area contributed by atoms with Crippen molar-refractivity contribution in [3.8, 4) is 0 Å². The summed E-state index contributed by atoms with van der Waals surface area (Å²) in [6, 6.07) is 5.98. The van der Waals surface area contributed by atoms with Crippen LogP contribution in [0, 0.1) is 0 Å². The first-order valence-electron chi connectivity index (χ1n) is 4.65. The standard InChI is InChI=1S/C10H11BrN2OS/c11-7-1-2-9-8(5-7)13(3-4-15-9)10(14)6-12/h1-2,5H,3-4,6,12H2. The molecule has 1 heterocycles. The molecule has 0 aliphatic carbocycles. The van der Waals surface area contributed by atoms with Crippen LogP contribution in [0.3, 0.4) is 0 Å². The van der Waals surface area contributed by atoms with Crippen LogP contribution >= 0.6 is 27.7 Å². The molecule has 15 heavy (non-hydrogen) atoms. The van der Waals surface area contributed by atoms with Crippen LogP contribution in [0.25, 0.3) is 0 Å². The van der Waals surface area contributed by atoms with Gasteiger partial charge in [-0.2, -0.15) is 0 Å². The van der Waals surface area contributed by atoms with E-state index in [2.05, 4.69) is 15.9 Å². The highest BCUT2D eigenvalue weighted by atomic mass is 79.9. The minimum absolute atomic E-state index is 0.0188. The molecule has 0 aromatic heterocycles. The molecule has 3 nitrogen and oxygen atoms in total. The number of carbonyl (C=O) groups excluding carboxylic acids is 1. The van der Waals surface area contributed by atoms with E-state index in [1.807, 2.05) is 18.2 Å². The largest absolute Gasteiger partial charge is 0.322 e. The second-order valence-electron chi connectivity index (χ2n) is 3.21. The smallest absolute Gasteiger partial charge is 0.240 e. The summed E-state index contributed by atoms with van der Waals surface area (Å²) >= 11 is 5.18. The van der Waals surface area contributed by atoms with E-state index in [1.54, 1.807) is 16.7 Å². The first kappa shape index (κ1) is 11.0. The highest BCUT2D eigenvalue weighted by Crippen LogP contribution is 2.36. The van der Waals surface area contributed by atoms with Crippen LogP contribution in [-0.2, 0) is 4.79 Å². The van der Waals surface area contributed by atoms with Crippen molar-refractivity contribution >= 4 is 39.3 Å². The van der Waals surface area contributed by atoms with Crippen LogP contribution in [0.4, 0.5) is 5.69 Å². The Morgan fingerprint density at radius 1 is 1.60 bits per heavy atom. The second-order valence-corrected chi connectivity index (χ2v) is 5.26. The summed E-state index contributed by atoms with van der Waals surface area (Å²) in [6.45, 7) is 0.806. The van der Waals surface area contributed by atoms with Crippen molar-refractivity contribution < 1.29 is 4.79 Å². The van der Waals surface area contributed by atoms with Crippen molar-refractivity contribution in [2.45, 2.75) is 4.90 Å². The summed E-state index contributed by atoms with van der Waals surface area (Å²) < 4.78 is 0.985. The molecular formula is C10H11BrN2OS. The van der Waals surface area contributed by atoms with Crippen LogP contribution in [0.5, 0.6) is 0 Å². The maximum atomic E-state index is 11.6. The molecule has 0 saturated heterocycles. The summed E-state index contributed by atoms with van der Waals surface area (Å²) in [7, 11) is 0. The monoisotopic (exact) mass is 286 g/mol. The number of halogens is 1. The quantitative estimate of drug-likeness (QED) is 0.857. The SMILES string of the molecule is NCC(=O)N1CCSc2ccc(Br)cc21. The lowest BCUT2D eigenvalue weighted by atomic mass is 10.2. The van der Waals surface area contributed by atoms with E-state index in [1.165, 1.54) is 0 Å². The molecule has 1 amide bonds. The van der Waals surface area contributed by atoms with E-state index in [9.17, 15) is 4.79 Å². The third-order valence-electron chi connectivity index (χ3n) is 2.26. The number of anilines is 1. The van der Waals surface area contributed by atoms with Crippen LogP contribution in [0.1, 0.15) is 0 Å². The van der Waals surface area contributed by atoms with Gasteiger partial charge in [0.1, 0.15) is 0 Å². The highest BCUT2D eigenvalue weighted by Gasteiger charge is 2.21. The average Bonchev–Trinajstić information content (AvgIpc) is 2.27. The third-order valence-corrected chi connectivity index (χ3v) is 3.80. The number of rotatable bonds is 1. The van der Waals surface area contributed by atoms with Crippen molar-refractivity contribution in [2.75, 3.05) is 23.7 Å². The van der Waals surface area contributed by atoms with E-state index >= 15 is 0 Å². The summed E-state index contributed by atoms with van der Waals surface area (Å²) in [6.07, 6.45) is 0. The molecule has 1 aromatic carbocycles. The fraction of sp³-hybridized carbons (Fsp3) is 0.300. The lowest BCUT2D eigenvalue weighted by Gasteiger charge is -2.28. The van der Waals surface area contributed by atoms with Gasteiger partial charge in [0.05, 0.1) is 12.2 Å². The van der Waals surface area contributed by atoms with Gasteiger partial charge in [-0.3, -0.25) is 4.79 Å². The number of amides is 1. The van der Waals surface area contributed by atoms with E-state index in [0.29, 0.717) is 0 Å². The molecule has 2 rings (SSSR count). The summed E-state index contributed by atoms with van der Waals surface area (Å²) in [5.41, 5.74) is 6.36. The zero-order chi connectivity index (χ0) is 10.8. The van der Waals surface area contributed by atoms with E-state index < -0.39 is 0 Å². The Bertz CT molecular complexity index is 397. The number of thioether (sulfide) groups is 1. The van der Waals surface area contributed by atoms with Crippen molar-refractivity contribution in [1.29, 1.82) is 0 Å². The molecule has 5 heteroatoms. The molecule has 1 aromatic rings. The molecule has 0 fully saturated rings. The maximum absolute atomic E-state index is 11.6. The topological polar surface area (TPSA) is 46.3 Å². The van der Waals surface area contributed by atoms with E-state index in [-0.39, 0.29) is 12.5 Å². The molecule has 0 bridgehead atoms.